The molecule has 6 heteroatoms. The van der Waals surface area contributed by atoms with Crippen molar-refractivity contribution >= 4 is 0 Å². The summed E-state index contributed by atoms with van der Waals surface area (Å²) in [5.74, 6) is 1.59. The van der Waals surface area contributed by atoms with E-state index in [1.807, 2.05) is 0 Å². The normalized spacial score (nSPS) is 43.7. The summed E-state index contributed by atoms with van der Waals surface area (Å²) in [6.45, 7) is 2.63. The van der Waals surface area contributed by atoms with Crippen molar-refractivity contribution < 1.29 is 24.1 Å². The van der Waals surface area contributed by atoms with Gasteiger partial charge in [-0.3, -0.25) is 4.90 Å². The fraction of sp³-hybridized carbons (Fsp3) is 0.684. The molecule has 2 saturated heterocycles. The largest absolute Gasteiger partial charge is 0.454 e. The Morgan fingerprint density at radius 2 is 2.04 bits per heavy atom. The summed E-state index contributed by atoms with van der Waals surface area (Å²) < 4.78 is 23.5. The number of rotatable bonds is 1. The van der Waals surface area contributed by atoms with Crippen LogP contribution in [0.2, 0.25) is 0 Å². The van der Waals surface area contributed by atoms with Gasteiger partial charge in [-0.05, 0) is 42.6 Å². The molecule has 0 amide bonds. The lowest BCUT2D eigenvalue weighted by atomic mass is 9.78. The van der Waals surface area contributed by atoms with Gasteiger partial charge in [-0.1, -0.05) is 0 Å². The number of hydrogen-bond donors (Lipinski definition) is 1. The molecule has 4 bridgehead atoms. The van der Waals surface area contributed by atoms with Crippen molar-refractivity contribution in [3.05, 3.63) is 23.3 Å². The third kappa shape index (κ3) is 1.65. The van der Waals surface area contributed by atoms with Crippen LogP contribution >= 0.6 is 0 Å². The molecule has 2 unspecified atom stereocenters. The molecule has 1 aromatic carbocycles. The Morgan fingerprint density at radius 3 is 2.84 bits per heavy atom. The summed E-state index contributed by atoms with van der Waals surface area (Å²) in [6, 6.07) is 4.16. The summed E-state index contributed by atoms with van der Waals surface area (Å²) in [4.78, 5) is 2.55. The predicted molar refractivity (Wildman–Crippen MR) is 87.9 cm³/mol. The average molecular weight is 345 g/mol. The molecule has 7 rings (SSSR count). The smallest absolute Gasteiger partial charge is 0.231 e. The lowest BCUT2D eigenvalue weighted by Gasteiger charge is -2.41. The highest BCUT2D eigenvalue weighted by Gasteiger charge is 2.67. The zero-order valence-corrected chi connectivity index (χ0v) is 14.4. The first-order valence-corrected chi connectivity index (χ1v) is 9.20. The summed E-state index contributed by atoms with van der Waals surface area (Å²) in [5, 5.41) is 11.4. The first-order valence-electron chi connectivity index (χ1n) is 9.20. The van der Waals surface area contributed by atoms with E-state index in [1.165, 1.54) is 0 Å². The summed E-state index contributed by atoms with van der Waals surface area (Å²) >= 11 is 0. The number of hydrogen-bond acceptors (Lipinski definition) is 6. The molecule has 134 valence electrons. The third-order valence-corrected chi connectivity index (χ3v) is 7.29. The third-order valence-electron chi connectivity index (χ3n) is 7.29. The Balaban J connectivity index is 1.63. The van der Waals surface area contributed by atoms with Gasteiger partial charge in [0.05, 0.1) is 18.8 Å². The molecular weight excluding hydrogens is 322 g/mol. The molecular formula is C19H23NO5. The standard InChI is InChI=1S/C19H23NO5/c1-22-19-8-18-3-2-4-20(18)7-15(23-9-19)11-5-13-14(25-10-24-13)6-12(11)16(18)17(19)21/h5-6,15-17,21H,2-4,7-10H2,1H3/t15-,16+,17?,18-,19?/m0/s1. The summed E-state index contributed by atoms with van der Waals surface area (Å²) in [5.41, 5.74) is 1.63. The van der Waals surface area contributed by atoms with Crippen molar-refractivity contribution in [1.82, 2.24) is 4.90 Å². The van der Waals surface area contributed by atoms with Gasteiger partial charge in [0.25, 0.3) is 0 Å². The lowest BCUT2D eigenvalue weighted by Crippen LogP contribution is -2.50. The van der Waals surface area contributed by atoms with Gasteiger partial charge in [-0.15, -0.1) is 0 Å². The van der Waals surface area contributed by atoms with Crippen molar-refractivity contribution in [2.45, 2.75) is 48.5 Å². The van der Waals surface area contributed by atoms with Gasteiger partial charge in [-0.25, -0.2) is 0 Å². The fourth-order valence-corrected chi connectivity index (χ4v) is 6.16. The summed E-state index contributed by atoms with van der Waals surface area (Å²) in [6.07, 6.45) is 2.48. The maximum atomic E-state index is 11.4. The number of fused-ring (bicyclic) bond motifs is 2. The van der Waals surface area contributed by atoms with Crippen molar-refractivity contribution in [2.75, 3.05) is 33.6 Å². The molecule has 1 aliphatic carbocycles. The van der Waals surface area contributed by atoms with Crippen LogP contribution in [-0.2, 0) is 9.47 Å². The van der Waals surface area contributed by atoms with Crippen LogP contribution in [0.5, 0.6) is 11.5 Å². The zero-order valence-electron chi connectivity index (χ0n) is 14.4. The Labute approximate surface area is 146 Å². The molecule has 5 atom stereocenters. The van der Waals surface area contributed by atoms with E-state index in [2.05, 4.69) is 17.0 Å². The van der Waals surface area contributed by atoms with Gasteiger partial charge in [0, 0.05) is 31.5 Å². The molecule has 3 fully saturated rings. The highest BCUT2D eigenvalue weighted by atomic mass is 16.7. The van der Waals surface area contributed by atoms with E-state index in [9.17, 15) is 5.11 Å². The highest BCUT2D eigenvalue weighted by Crippen LogP contribution is 2.62. The summed E-state index contributed by atoms with van der Waals surface area (Å²) in [7, 11) is 1.71. The molecule has 25 heavy (non-hydrogen) atoms. The van der Waals surface area contributed by atoms with E-state index in [4.69, 9.17) is 18.9 Å². The second kappa shape index (κ2) is 4.68. The first-order chi connectivity index (χ1) is 12.2. The minimum Gasteiger partial charge on any atom is -0.454 e. The van der Waals surface area contributed by atoms with E-state index < -0.39 is 11.7 Å². The highest BCUT2D eigenvalue weighted by molar-refractivity contribution is 5.54. The van der Waals surface area contributed by atoms with E-state index in [1.54, 1.807) is 7.11 Å². The van der Waals surface area contributed by atoms with Crippen molar-refractivity contribution in [3.8, 4) is 11.5 Å². The number of aliphatic hydroxyl groups is 1. The van der Waals surface area contributed by atoms with E-state index in [-0.39, 0.29) is 24.4 Å². The number of methoxy groups -OCH3 is 1. The quantitative estimate of drug-likeness (QED) is 0.834. The van der Waals surface area contributed by atoms with Crippen molar-refractivity contribution in [3.63, 3.8) is 0 Å². The lowest BCUT2D eigenvalue weighted by molar-refractivity contribution is -0.155. The van der Waals surface area contributed by atoms with Gasteiger partial charge in [0.2, 0.25) is 6.79 Å². The minimum atomic E-state index is -0.625. The van der Waals surface area contributed by atoms with E-state index in [0.29, 0.717) is 6.61 Å². The number of nitrogens with zero attached hydrogens (tertiary/aromatic N) is 1. The van der Waals surface area contributed by atoms with E-state index in [0.717, 1.165) is 55.0 Å². The number of benzene rings is 1. The average Bonchev–Trinajstić information content (AvgIpc) is 3.26. The predicted octanol–water partition coefficient (Wildman–Crippen LogP) is 1.57. The molecule has 0 aromatic heterocycles. The monoisotopic (exact) mass is 345 g/mol. The number of aliphatic hydroxyl groups excluding tert-OH is 1. The van der Waals surface area contributed by atoms with Crippen LogP contribution in [0.4, 0.5) is 0 Å². The Bertz CT molecular complexity index is 754. The van der Waals surface area contributed by atoms with Crippen LogP contribution in [0.15, 0.2) is 12.1 Å². The van der Waals surface area contributed by atoms with Crippen molar-refractivity contribution in [2.24, 2.45) is 0 Å². The minimum absolute atomic E-state index is 0.0192. The zero-order chi connectivity index (χ0) is 16.8. The maximum Gasteiger partial charge on any atom is 0.231 e. The SMILES string of the molecule is COC12CO[C@H]3CN4CCC[C@]4(C1)[C@H](c1cc4c(cc13)OCO4)C2O. The Morgan fingerprint density at radius 1 is 1.24 bits per heavy atom. The first kappa shape index (κ1) is 14.8. The van der Waals surface area contributed by atoms with Gasteiger partial charge >= 0.3 is 0 Å². The molecule has 6 nitrogen and oxygen atoms in total. The molecule has 1 N–H and O–H groups in total. The topological polar surface area (TPSA) is 60.4 Å². The molecule has 5 heterocycles. The molecule has 5 aliphatic heterocycles. The molecule has 6 aliphatic rings. The molecule has 1 spiro atoms. The van der Waals surface area contributed by atoms with Crippen LogP contribution in [0.3, 0.4) is 0 Å². The van der Waals surface area contributed by atoms with Crippen molar-refractivity contribution in [1.29, 1.82) is 0 Å². The molecule has 1 saturated carbocycles. The van der Waals surface area contributed by atoms with Gasteiger partial charge < -0.3 is 24.1 Å². The van der Waals surface area contributed by atoms with Crippen LogP contribution in [0.1, 0.15) is 42.4 Å². The Hall–Kier alpha value is -1.34. The number of ether oxygens (including phenoxy) is 4. The van der Waals surface area contributed by atoms with Gasteiger partial charge in [0.1, 0.15) is 5.60 Å². The van der Waals surface area contributed by atoms with Crippen LogP contribution < -0.4 is 9.47 Å². The van der Waals surface area contributed by atoms with Gasteiger partial charge in [-0.2, -0.15) is 0 Å². The fourth-order valence-electron chi connectivity index (χ4n) is 6.16. The second-order valence-corrected chi connectivity index (χ2v) is 8.16. The Kier molecular flexibility index (Phi) is 2.77. The van der Waals surface area contributed by atoms with Crippen LogP contribution in [0, 0.1) is 0 Å². The molecule has 1 aromatic rings. The van der Waals surface area contributed by atoms with Gasteiger partial charge in [0.15, 0.2) is 11.5 Å². The van der Waals surface area contributed by atoms with Crippen LogP contribution in [0.25, 0.3) is 0 Å². The molecule has 0 radical (unpaired) electrons. The van der Waals surface area contributed by atoms with E-state index >= 15 is 0 Å². The maximum absolute atomic E-state index is 11.4. The second-order valence-electron chi connectivity index (χ2n) is 8.16. The van der Waals surface area contributed by atoms with Crippen LogP contribution in [-0.4, -0.2) is 60.8 Å².